The molecule has 3 heteroatoms. The van der Waals surface area contributed by atoms with E-state index in [-0.39, 0.29) is 0 Å². The Morgan fingerprint density at radius 1 is 0.299 bits per heavy atom. The van der Waals surface area contributed by atoms with Crippen LogP contribution in [0.15, 0.2) is 320 Å². The highest BCUT2D eigenvalue weighted by molar-refractivity contribution is 6.14. The van der Waals surface area contributed by atoms with Crippen LogP contribution in [-0.4, -0.2) is 4.57 Å². The van der Waals surface area contributed by atoms with Crippen molar-refractivity contribution >= 4 is 71.6 Å². The zero-order valence-electron chi connectivity index (χ0n) is 47.3. The molecule has 1 atom stereocenters. The maximum Gasteiger partial charge on any atom is 0.143 e. The molecule has 14 aromatic carbocycles. The topological polar surface area (TPSA) is 21.3 Å². The van der Waals surface area contributed by atoms with E-state index in [1.165, 1.54) is 111 Å². The van der Waals surface area contributed by atoms with E-state index in [4.69, 9.17) is 4.42 Å². The molecule has 3 nitrogen and oxygen atoms in total. The van der Waals surface area contributed by atoms with Crippen LogP contribution in [0.4, 0.5) is 17.1 Å². The molecule has 1 unspecified atom stereocenters. The van der Waals surface area contributed by atoms with E-state index in [1.54, 1.807) is 0 Å². The van der Waals surface area contributed by atoms with Crippen LogP contribution >= 0.6 is 0 Å². The Kier molecular flexibility index (Phi) is 10.0. The highest BCUT2D eigenvalue weighted by Crippen LogP contribution is 2.63. The summed E-state index contributed by atoms with van der Waals surface area (Å²) in [5.41, 5.74) is 27.4. The van der Waals surface area contributed by atoms with Gasteiger partial charge in [-0.3, -0.25) is 0 Å². The Morgan fingerprint density at radius 3 is 1.66 bits per heavy atom. The molecule has 1 aliphatic heterocycles. The number of aromatic nitrogens is 1. The van der Waals surface area contributed by atoms with Crippen molar-refractivity contribution in [3.63, 3.8) is 0 Å². The molecule has 0 bridgehead atoms. The molecule has 2 aromatic heterocycles. The number of benzene rings is 14. The highest BCUT2D eigenvalue weighted by atomic mass is 16.3. The minimum atomic E-state index is -0.581. The Hall–Kier alpha value is -11.3. The predicted molar refractivity (Wildman–Crippen MR) is 359 cm³/mol. The van der Waals surface area contributed by atoms with Gasteiger partial charge in [-0.15, -0.1) is 0 Å². The average molecular weight is 1110 g/mol. The molecule has 0 saturated carbocycles. The average Bonchev–Trinajstić information content (AvgIpc) is 1.55. The first kappa shape index (κ1) is 48.1. The maximum absolute atomic E-state index is 6.64. The first-order chi connectivity index (χ1) is 43.2. The molecule has 0 fully saturated rings. The van der Waals surface area contributed by atoms with E-state index in [0.717, 1.165) is 55.5 Å². The van der Waals surface area contributed by atoms with Gasteiger partial charge in [0.25, 0.3) is 0 Å². The molecule has 0 radical (unpaired) electrons. The number of rotatable bonds is 7. The van der Waals surface area contributed by atoms with Gasteiger partial charge in [-0.2, -0.15) is 0 Å². The molecule has 16 aromatic rings. The zero-order valence-corrected chi connectivity index (χ0v) is 47.3. The van der Waals surface area contributed by atoms with Crippen LogP contribution in [0.25, 0.3) is 105 Å². The van der Waals surface area contributed by atoms with Gasteiger partial charge in [0.1, 0.15) is 11.2 Å². The van der Waals surface area contributed by atoms with Crippen LogP contribution in [0.3, 0.4) is 0 Å². The highest BCUT2D eigenvalue weighted by Gasteiger charge is 2.51. The van der Waals surface area contributed by atoms with Gasteiger partial charge in [0, 0.05) is 43.7 Å². The normalized spacial score (nSPS) is 14.8. The van der Waals surface area contributed by atoms with Crippen molar-refractivity contribution in [2.24, 2.45) is 0 Å². The van der Waals surface area contributed by atoms with Gasteiger partial charge in [-0.1, -0.05) is 267 Å². The van der Waals surface area contributed by atoms with Crippen LogP contribution in [0.2, 0.25) is 0 Å². The van der Waals surface area contributed by atoms with Crippen molar-refractivity contribution < 1.29 is 4.42 Å². The number of furan rings is 1. The molecular formula is C84H52N2O. The number of hydrogen-bond acceptors (Lipinski definition) is 2. The van der Waals surface area contributed by atoms with Gasteiger partial charge in [-0.25, -0.2) is 0 Å². The van der Waals surface area contributed by atoms with E-state index in [9.17, 15) is 0 Å². The lowest BCUT2D eigenvalue weighted by molar-refractivity contribution is 0.670. The lowest BCUT2D eigenvalue weighted by atomic mass is 9.65. The summed E-state index contributed by atoms with van der Waals surface area (Å²) in [4.78, 5) is 2.53. The lowest BCUT2D eigenvalue weighted by Gasteiger charge is -2.39. The quantitative estimate of drug-likeness (QED) is 0.159. The van der Waals surface area contributed by atoms with Crippen molar-refractivity contribution in [2.75, 3.05) is 4.90 Å². The summed E-state index contributed by atoms with van der Waals surface area (Å²) < 4.78 is 9.17. The summed E-state index contributed by atoms with van der Waals surface area (Å²) >= 11 is 0. The van der Waals surface area contributed by atoms with Gasteiger partial charge in [0.2, 0.25) is 0 Å². The summed E-state index contributed by atoms with van der Waals surface area (Å²) in [5.74, 6) is 0. The number of para-hydroxylation sites is 5. The largest absolute Gasteiger partial charge is 0.455 e. The van der Waals surface area contributed by atoms with E-state index in [2.05, 4.69) is 319 Å². The van der Waals surface area contributed by atoms with Crippen molar-refractivity contribution in [1.29, 1.82) is 0 Å². The molecule has 0 N–H and O–H groups in total. The lowest BCUT2D eigenvalue weighted by Crippen LogP contribution is -2.33. The van der Waals surface area contributed by atoms with E-state index in [1.807, 2.05) is 6.07 Å². The van der Waals surface area contributed by atoms with Crippen LogP contribution in [0.5, 0.6) is 0 Å². The van der Waals surface area contributed by atoms with Crippen molar-refractivity contribution in [3.8, 4) is 50.2 Å². The Labute approximate surface area is 503 Å². The smallest absolute Gasteiger partial charge is 0.143 e. The summed E-state index contributed by atoms with van der Waals surface area (Å²) in [6.07, 6.45) is 0. The van der Waals surface area contributed by atoms with Crippen LogP contribution in [-0.2, 0) is 10.8 Å². The Balaban J connectivity index is 0.843. The van der Waals surface area contributed by atoms with Gasteiger partial charge >= 0.3 is 0 Å². The van der Waals surface area contributed by atoms with Crippen molar-refractivity contribution in [3.05, 3.63) is 360 Å². The van der Waals surface area contributed by atoms with Gasteiger partial charge in [0.05, 0.1) is 38.9 Å². The van der Waals surface area contributed by atoms with E-state index in [0.29, 0.717) is 0 Å². The van der Waals surface area contributed by atoms with Gasteiger partial charge in [-0.05, 0) is 132 Å². The van der Waals surface area contributed by atoms with Crippen LogP contribution < -0.4 is 4.90 Å². The maximum atomic E-state index is 6.64. The summed E-state index contributed by atoms with van der Waals surface area (Å²) in [5, 5.41) is 7.13. The fourth-order valence-corrected chi connectivity index (χ4v) is 16.3. The predicted octanol–water partition coefficient (Wildman–Crippen LogP) is 21.7. The summed E-state index contributed by atoms with van der Waals surface area (Å²) in [6, 6.07) is 118. The molecule has 3 heterocycles. The number of anilines is 3. The van der Waals surface area contributed by atoms with Crippen molar-refractivity contribution in [2.45, 2.75) is 10.8 Å². The third kappa shape index (κ3) is 6.39. The molecule has 19 rings (SSSR count). The first-order valence-corrected chi connectivity index (χ1v) is 30.2. The molecule has 0 saturated heterocycles. The summed E-state index contributed by atoms with van der Waals surface area (Å²) in [7, 11) is 0. The zero-order chi connectivity index (χ0) is 57.0. The monoisotopic (exact) mass is 1100 g/mol. The van der Waals surface area contributed by atoms with E-state index < -0.39 is 10.8 Å². The summed E-state index contributed by atoms with van der Waals surface area (Å²) in [6.45, 7) is 0. The standard InChI is InChI=1S/C84H52N2O/c1-3-22-55(23-4-1)83(56-24-5-2-6-25-56)70-36-14-10-31-68(70)80-72(83)38-21-42-78(80)85(57-47-44-53(45-48-57)59-32-19-34-67-65-30-12-18-43-79(65)87-82(59)67)76-51-50-58(60-26-7-8-28-63(60)76)54-46-49-62-61-27-9-13-35-69(61)84(74(62)52-54)71-37-15-17-41-77(71)86-75-40-16-11-29-64(75)66-33-20-39-73(84)81(66)86/h1-52H. The third-order valence-electron chi connectivity index (χ3n) is 19.7. The second-order valence-electron chi connectivity index (χ2n) is 23.7. The molecule has 3 aliphatic rings. The minimum absolute atomic E-state index is 0.574. The molecule has 1 spiro atoms. The minimum Gasteiger partial charge on any atom is -0.455 e. The van der Waals surface area contributed by atoms with Crippen molar-refractivity contribution in [1.82, 2.24) is 4.57 Å². The fraction of sp³-hybridized carbons (Fsp3) is 0.0238. The Bertz CT molecular complexity index is 5500. The number of nitrogens with zero attached hydrogens (tertiary/aromatic N) is 2. The van der Waals surface area contributed by atoms with Crippen LogP contribution in [0, 0.1) is 0 Å². The molecular weight excluding hydrogens is 1050 g/mol. The molecule has 0 amide bonds. The SMILES string of the molecule is c1ccc(C2(c3ccccc3)c3ccccc3-c3c(N(c4ccc(-c5cccc6c5oc5ccccc56)cc4)c4ccc(-c5ccc6c(c5)C5(c7ccccc7-6)c6ccccc6-n6c7ccccc7c7cccc5c76)c5ccccc45)cccc32)cc1. The molecule has 404 valence electrons. The number of hydrogen-bond donors (Lipinski definition) is 0. The molecule has 2 aliphatic carbocycles. The fourth-order valence-electron chi connectivity index (χ4n) is 16.3. The second-order valence-corrected chi connectivity index (χ2v) is 23.7. The molecule has 87 heavy (non-hydrogen) atoms. The Morgan fingerprint density at radius 2 is 0.851 bits per heavy atom. The number of fused-ring (bicyclic) bond motifs is 19. The van der Waals surface area contributed by atoms with Crippen LogP contribution in [0.1, 0.15) is 44.5 Å². The van der Waals surface area contributed by atoms with Gasteiger partial charge in [0.15, 0.2) is 0 Å². The van der Waals surface area contributed by atoms with E-state index >= 15 is 0 Å². The third-order valence-corrected chi connectivity index (χ3v) is 19.7. The van der Waals surface area contributed by atoms with Gasteiger partial charge < -0.3 is 13.9 Å². The second kappa shape index (κ2) is 18.1. The first-order valence-electron chi connectivity index (χ1n) is 30.2.